The Hall–Kier alpha value is -3.01. The topological polar surface area (TPSA) is 127 Å². The van der Waals surface area contributed by atoms with Gasteiger partial charge in [-0.3, -0.25) is 14.8 Å². The number of non-ortho nitro benzene ring substituents is 1. The molecule has 2 aromatic carbocycles. The maximum Gasteiger partial charge on any atom is 0.338 e. The third kappa shape index (κ3) is 3.61. The van der Waals surface area contributed by atoms with Gasteiger partial charge < -0.3 is 5.11 Å². The molecule has 0 amide bonds. The summed E-state index contributed by atoms with van der Waals surface area (Å²) in [5, 5.41) is 19.7. The maximum atomic E-state index is 12.8. The van der Waals surface area contributed by atoms with Gasteiger partial charge in [0.25, 0.3) is 15.7 Å². The molecule has 0 aliphatic rings. The average Bonchev–Trinajstić information content (AvgIpc) is 2.47. The van der Waals surface area contributed by atoms with E-state index < -0.39 is 38.0 Å². The van der Waals surface area contributed by atoms with Gasteiger partial charge in [0.2, 0.25) is 0 Å². The number of nitrogens with one attached hydrogen (secondary N) is 1. The highest BCUT2D eigenvalue weighted by Crippen LogP contribution is 2.25. The van der Waals surface area contributed by atoms with E-state index in [0.717, 1.165) is 42.5 Å². The number of nitro benzene ring substituents is 1. The summed E-state index contributed by atoms with van der Waals surface area (Å²) in [5.74, 6) is -2.17. The Morgan fingerprint density at radius 2 is 1.78 bits per heavy atom. The zero-order valence-electron chi connectivity index (χ0n) is 11.3. The van der Waals surface area contributed by atoms with Crippen molar-refractivity contribution >= 4 is 27.4 Å². The van der Waals surface area contributed by atoms with Gasteiger partial charge in [0.05, 0.1) is 21.1 Å². The molecule has 0 saturated heterocycles. The van der Waals surface area contributed by atoms with Crippen LogP contribution in [0.4, 0.5) is 15.8 Å². The molecule has 8 nitrogen and oxygen atoms in total. The van der Waals surface area contributed by atoms with Crippen LogP contribution in [0.2, 0.25) is 0 Å². The summed E-state index contributed by atoms with van der Waals surface area (Å²) in [6.07, 6.45) is 0. The number of aromatic carboxylic acids is 1. The number of hydrogen-bond acceptors (Lipinski definition) is 5. The lowest BCUT2D eigenvalue weighted by Gasteiger charge is -2.10. The van der Waals surface area contributed by atoms with Gasteiger partial charge in [-0.15, -0.1) is 0 Å². The minimum absolute atomic E-state index is 0.284. The Balaban J connectivity index is 2.44. The zero-order chi connectivity index (χ0) is 17.2. The largest absolute Gasteiger partial charge is 0.478 e. The number of carbonyl (C=O) groups is 1. The van der Waals surface area contributed by atoms with Crippen molar-refractivity contribution in [1.29, 1.82) is 0 Å². The van der Waals surface area contributed by atoms with E-state index in [1.54, 1.807) is 0 Å². The number of halogens is 1. The smallest absolute Gasteiger partial charge is 0.338 e. The van der Waals surface area contributed by atoms with Gasteiger partial charge in [-0.25, -0.2) is 17.6 Å². The summed E-state index contributed by atoms with van der Waals surface area (Å²) >= 11 is 0. The van der Waals surface area contributed by atoms with E-state index in [0.29, 0.717) is 0 Å². The number of nitrogens with zero attached hydrogens (tertiary/aromatic N) is 1. The van der Waals surface area contributed by atoms with Gasteiger partial charge in [-0.2, -0.15) is 0 Å². The fourth-order valence-corrected chi connectivity index (χ4v) is 2.81. The lowest BCUT2D eigenvalue weighted by Crippen LogP contribution is -2.15. The quantitative estimate of drug-likeness (QED) is 0.635. The monoisotopic (exact) mass is 340 g/mol. The Kier molecular flexibility index (Phi) is 4.27. The first-order chi connectivity index (χ1) is 10.7. The Bertz CT molecular complexity index is 880. The molecule has 2 N–H and O–H groups in total. The van der Waals surface area contributed by atoms with E-state index in [-0.39, 0.29) is 10.6 Å². The predicted molar refractivity (Wildman–Crippen MR) is 77.3 cm³/mol. The van der Waals surface area contributed by atoms with Crippen LogP contribution in [0.1, 0.15) is 10.4 Å². The number of anilines is 1. The number of hydrogen-bond donors (Lipinski definition) is 2. The Labute approximate surface area is 129 Å². The number of nitro groups is 1. The molecular weight excluding hydrogens is 331 g/mol. The first-order valence-electron chi connectivity index (χ1n) is 6.01. The van der Waals surface area contributed by atoms with E-state index in [9.17, 15) is 27.7 Å². The van der Waals surface area contributed by atoms with Crippen LogP contribution in [-0.2, 0) is 10.0 Å². The molecule has 0 radical (unpaired) electrons. The molecule has 0 atom stereocenters. The minimum atomic E-state index is -4.17. The van der Waals surface area contributed by atoms with Gasteiger partial charge >= 0.3 is 5.97 Å². The van der Waals surface area contributed by atoms with Crippen LogP contribution in [-0.4, -0.2) is 24.4 Å². The number of rotatable bonds is 5. The summed E-state index contributed by atoms with van der Waals surface area (Å²) in [5.41, 5.74) is -1.41. The molecule has 0 aliphatic carbocycles. The van der Waals surface area contributed by atoms with E-state index >= 15 is 0 Å². The summed E-state index contributed by atoms with van der Waals surface area (Å²) < 4.78 is 39.1. The summed E-state index contributed by atoms with van der Waals surface area (Å²) in [6, 6.07) is 6.56. The van der Waals surface area contributed by atoms with Gasteiger partial charge in [0.15, 0.2) is 0 Å². The molecule has 0 bridgehead atoms. The predicted octanol–water partition coefficient (Wildman–Crippen LogP) is 2.23. The van der Waals surface area contributed by atoms with Crippen molar-refractivity contribution in [2.24, 2.45) is 0 Å². The second-order valence-electron chi connectivity index (χ2n) is 4.35. The van der Waals surface area contributed by atoms with Crippen molar-refractivity contribution < 1.29 is 27.6 Å². The fraction of sp³-hybridized carbons (Fsp3) is 0. The zero-order valence-corrected chi connectivity index (χ0v) is 12.1. The molecule has 10 heteroatoms. The second-order valence-corrected chi connectivity index (χ2v) is 6.03. The fourth-order valence-electron chi connectivity index (χ4n) is 1.73. The standard InChI is InChI=1S/C13H9FN2O6S/c14-8-1-4-10(5-2-8)23(21,22)15-12-6-3-9(16(19)20)7-11(12)13(17)18/h1-7,15H,(H,17,18). The number of carboxylic acid groups (broad SMARTS) is 1. The first kappa shape index (κ1) is 16.4. The average molecular weight is 340 g/mol. The van der Waals surface area contributed by atoms with Crippen molar-refractivity contribution in [1.82, 2.24) is 0 Å². The van der Waals surface area contributed by atoms with Gasteiger partial charge in [-0.1, -0.05) is 0 Å². The van der Waals surface area contributed by atoms with Crippen molar-refractivity contribution in [3.63, 3.8) is 0 Å². The normalized spacial score (nSPS) is 11.0. The number of benzene rings is 2. The highest BCUT2D eigenvalue weighted by molar-refractivity contribution is 7.92. The molecule has 120 valence electrons. The van der Waals surface area contributed by atoms with E-state index in [1.165, 1.54) is 0 Å². The molecule has 0 fully saturated rings. The summed E-state index contributed by atoms with van der Waals surface area (Å²) in [4.78, 5) is 20.7. The molecule has 0 unspecified atom stereocenters. The summed E-state index contributed by atoms with van der Waals surface area (Å²) in [7, 11) is -4.17. The van der Waals surface area contributed by atoms with Crippen LogP contribution in [0, 0.1) is 15.9 Å². The van der Waals surface area contributed by atoms with Crippen molar-refractivity contribution in [3.8, 4) is 0 Å². The molecular formula is C13H9FN2O6S. The molecule has 2 aromatic rings. The lowest BCUT2D eigenvalue weighted by molar-refractivity contribution is -0.384. The van der Waals surface area contributed by atoms with Crippen LogP contribution in [0.15, 0.2) is 47.4 Å². The van der Waals surface area contributed by atoms with Gasteiger partial charge in [0.1, 0.15) is 5.82 Å². The van der Waals surface area contributed by atoms with Crippen LogP contribution in [0.25, 0.3) is 0 Å². The van der Waals surface area contributed by atoms with Gasteiger partial charge in [0, 0.05) is 12.1 Å². The lowest BCUT2D eigenvalue weighted by atomic mass is 10.1. The first-order valence-corrected chi connectivity index (χ1v) is 7.49. The minimum Gasteiger partial charge on any atom is -0.478 e. The van der Waals surface area contributed by atoms with Crippen LogP contribution < -0.4 is 4.72 Å². The molecule has 0 spiro atoms. The molecule has 0 saturated carbocycles. The SMILES string of the molecule is O=C(O)c1cc([N+](=O)[O-])ccc1NS(=O)(=O)c1ccc(F)cc1. The maximum absolute atomic E-state index is 12.8. The third-order valence-electron chi connectivity index (χ3n) is 2.81. The van der Waals surface area contributed by atoms with E-state index in [1.807, 2.05) is 4.72 Å². The molecule has 0 aromatic heterocycles. The second kappa shape index (κ2) is 6.01. The molecule has 0 aliphatic heterocycles. The van der Waals surface area contributed by atoms with E-state index in [2.05, 4.69) is 0 Å². The number of carboxylic acids is 1. The number of sulfonamides is 1. The van der Waals surface area contributed by atoms with Crippen molar-refractivity contribution in [2.75, 3.05) is 4.72 Å². The van der Waals surface area contributed by atoms with Crippen molar-refractivity contribution in [3.05, 3.63) is 64.0 Å². The highest BCUT2D eigenvalue weighted by Gasteiger charge is 2.21. The van der Waals surface area contributed by atoms with Crippen LogP contribution >= 0.6 is 0 Å². The highest BCUT2D eigenvalue weighted by atomic mass is 32.2. The third-order valence-corrected chi connectivity index (χ3v) is 4.19. The van der Waals surface area contributed by atoms with Crippen LogP contribution in [0.3, 0.4) is 0 Å². The molecule has 23 heavy (non-hydrogen) atoms. The Morgan fingerprint density at radius 3 is 2.30 bits per heavy atom. The van der Waals surface area contributed by atoms with Crippen LogP contribution in [0.5, 0.6) is 0 Å². The Morgan fingerprint density at radius 1 is 1.17 bits per heavy atom. The molecule has 2 rings (SSSR count). The summed E-state index contributed by atoms with van der Waals surface area (Å²) in [6.45, 7) is 0. The van der Waals surface area contributed by atoms with E-state index in [4.69, 9.17) is 5.11 Å². The molecule has 0 heterocycles. The van der Waals surface area contributed by atoms with Crippen molar-refractivity contribution in [2.45, 2.75) is 4.90 Å². The van der Waals surface area contributed by atoms with Gasteiger partial charge in [-0.05, 0) is 30.3 Å².